The maximum absolute atomic E-state index is 2.33. The lowest BCUT2D eigenvalue weighted by molar-refractivity contribution is 1.21. The zero-order valence-electron chi connectivity index (χ0n) is 78.6. The molecule has 0 amide bonds. The first-order valence-electron chi connectivity index (χ1n) is 48.4. The van der Waals surface area contributed by atoms with Gasteiger partial charge in [0.15, 0.2) is 0 Å². The molecule has 0 bridgehead atoms. The number of para-hydroxylation sites is 3. The van der Waals surface area contributed by atoms with Crippen molar-refractivity contribution in [3.63, 3.8) is 0 Å². The third-order valence-corrected chi connectivity index (χ3v) is 28.2. The predicted molar refractivity (Wildman–Crippen MR) is 607 cm³/mol. The summed E-state index contributed by atoms with van der Waals surface area (Å²) in [6.07, 6.45) is 0. The Morgan fingerprint density at radius 1 is 0.113 bits per heavy atom. The van der Waals surface area contributed by atoms with Crippen LogP contribution in [0.5, 0.6) is 0 Å². The van der Waals surface area contributed by atoms with Gasteiger partial charge in [0.05, 0.1) is 0 Å². The molecular formula is C135H98N6. The first-order chi connectivity index (χ1) is 69.6. The third kappa shape index (κ3) is 16.7. The highest BCUT2D eigenvalue weighted by Crippen LogP contribution is 2.48. The second-order valence-corrected chi connectivity index (χ2v) is 36.5. The number of fused-ring (bicyclic) bond motifs is 10. The molecule has 0 saturated carbocycles. The van der Waals surface area contributed by atoms with Crippen molar-refractivity contribution in [1.82, 2.24) is 0 Å². The molecule has 0 N–H and O–H groups in total. The molecule has 0 radical (unpaired) electrons. The molecule has 0 spiro atoms. The molecule has 0 aliphatic heterocycles. The van der Waals surface area contributed by atoms with Gasteiger partial charge in [-0.05, 0) is 323 Å². The molecule has 0 aromatic heterocycles. The molecule has 0 unspecified atom stereocenters. The number of hydrogen-bond acceptors (Lipinski definition) is 6. The Bertz CT molecular complexity index is 9020. The van der Waals surface area contributed by atoms with Gasteiger partial charge in [-0.3, -0.25) is 0 Å². The Balaban J connectivity index is 0.000000115. The van der Waals surface area contributed by atoms with E-state index in [1.807, 2.05) is 0 Å². The largest absolute Gasteiger partial charge is 0.345 e. The molecule has 26 aromatic carbocycles. The van der Waals surface area contributed by atoms with Crippen molar-refractivity contribution in [3.8, 4) is 33.4 Å². The molecule has 0 heterocycles. The Hall–Kier alpha value is -18.4. The summed E-state index contributed by atoms with van der Waals surface area (Å²) >= 11 is 0. The Morgan fingerprint density at radius 2 is 0.369 bits per heavy atom. The van der Waals surface area contributed by atoms with E-state index in [1.54, 1.807) is 0 Å². The summed E-state index contributed by atoms with van der Waals surface area (Å²) in [5.74, 6) is 0. The van der Waals surface area contributed by atoms with Crippen LogP contribution in [-0.2, 0) is 0 Å². The second-order valence-electron chi connectivity index (χ2n) is 36.5. The van der Waals surface area contributed by atoms with Gasteiger partial charge in [-0.15, -0.1) is 0 Å². The van der Waals surface area contributed by atoms with Gasteiger partial charge >= 0.3 is 0 Å². The Kier molecular flexibility index (Phi) is 22.7. The van der Waals surface area contributed by atoms with Gasteiger partial charge in [0.1, 0.15) is 0 Å². The lowest BCUT2D eigenvalue weighted by Crippen LogP contribution is -2.10. The maximum atomic E-state index is 2.33. The normalized spacial score (nSPS) is 11.4. The monoisotopic (exact) mass is 1800 g/mol. The van der Waals surface area contributed by atoms with Crippen molar-refractivity contribution in [3.05, 3.63) is 540 Å². The van der Waals surface area contributed by atoms with Gasteiger partial charge in [-0.1, -0.05) is 358 Å². The quantitative estimate of drug-likeness (QED) is 0.0625. The molecule has 0 fully saturated rings. The van der Waals surface area contributed by atoms with Crippen molar-refractivity contribution in [1.29, 1.82) is 0 Å². The molecule has 0 aliphatic rings. The fourth-order valence-corrected chi connectivity index (χ4v) is 20.9. The van der Waals surface area contributed by atoms with Crippen molar-refractivity contribution < 1.29 is 0 Å². The van der Waals surface area contributed by atoms with Crippen LogP contribution < -0.4 is 29.4 Å². The van der Waals surface area contributed by atoms with Crippen LogP contribution >= 0.6 is 0 Å². The van der Waals surface area contributed by atoms with Crippen LogP contribution in [0.15, 0.2) is 540 Å². The highest BCUT2D eigenvalue weighted by atomic mass is 15.2. The summed E-state index contributed by atoms with van der Waals surface area (Å²) in [4.78, 5) is 13.8. The van der Waals surface area contributed by atoms with E-state index in [0.29, 0.717) is 0 Å². The van der Waals surface area contributed by atoms with Crippen molar-refractivity contribution in [2.75, 3.05) is 50.5 Å². The molecule has 26 aromatic rings. The zero-order valence-corrected chi connectivity index (χ0v) is 78.6. The van der Waals surface area contributed by atoms with Crippen LogP contribution in [-0.4, -0.2) is 21.1 Å². The highest BCUT2D eigenvalue weighted by Gasteiger charge is 2.23. The molecule has 0 atom stereocenters. The van der Waals surface area contributed by atoms with E-state index in [1.165, 1.54) is 169 Å². The predicted octanol–water partition coefficient (Wildman–Crippen LogP) is 37.9. The summed E-state index contributed by atoms with van der Waals surface area (Å²) in [7, 11) is 6.47. The molecule has 668 valence electrons. The van der Waals surface area contributed by atoms with Crippen molar-refractivity contribution in [2.45, 2.75) is 0 Å². The van der Waals surface area contributed by atoms with E-state index in [9.17, 15) is 0 Å². The SMILES string of the molecule is CN(c1ccc(-c2ccc(N(c3ccccc3)c3ccc4ccccc4c3)cc2)cc1)c1cc2ccccc2c2ccccc12.CN(c1ccc(-c2ccc(N(c3ccccc3)c3ccc4ccccc4c3)cc2)cc1)c1ccc2c3cccc4cccc(c5cccc1c52)c43.CN(c1ccc(-c2ccc(N(c3ccccc3)c3ccc4ccccc4c3)cc2)cc1)c1ccc2cc3ccccc3cc2c1. The van der Waals surface area contributed by atoms with Gasteiger partial charge in [-0.2, -0.15) is 0 Å². The first kappa shape index (κ1) is 85.6. The minimum atomic E-state index is 1.12. The summed E-state index contributed by atoms with van der Waals surface area (Å²) in [6, 6.07) is 195. The van der Waals surface area contributed by atoms with Gasteiger partial charge in [0.2, 0.25) is 0 Å². The van der Waals surface area contributed by atoms with E-state index < -0.39 is 0 Å². The fraction of sp³-hybridized carbons (Fsp3) is 0.0222. The first-order valence-corrected chi connectivity index (χ1v) is 48.4. The van der Waals surface area contributed by atoms with Gasteiger partial charge < -0.3 is 29.4 Å². The molecule has 0 saturated heterocycles. The molecule has 0 aliphatic carbocycles. The van der Waals surface area contributed by atoms with Gasteiger partial charge in [0, 0.05) is 117 Å². The van der Waals surface area contributed by atoms with E-state index >= 15 is 0 Å². The summed E-state index contributed by atoms with van der Waals surface area (Å²) in [5.41, 5.74) is 24.4. The lowest BCUT2D eigenvalue weighted by Gasteiger charge is -2.26. The van der Waals surface area contributed by atoms with Crippen molar-refractivity contribution in [2.24, 2.45) is 0 Å². The topological polar surface area (TPSA) is 19.4 Å². The van der Waals surface area contributed by atoms with Crippen molar-refractivity contribution >= 4 is 204 Å². The van der Waals surface area contributed by atoms with Crippen LogP contribution in [0.3, 0.4) is 0 Å². The summed E-state index contributed by atoms with van der Waals surface area (Å²) in [5, 5.41) is 28.1. The zero-order chi connectivity index (χ0) is 94.2. The minimum Gasteiger partial charge on any atom is -0.345 e. The Labute approximate surface area is 821 Å². The number of hydrogen-bond donors (Lipinski definition) is 0. The minimum absolute atomic E-state index is 1.12. The fourth-order valence-electron chi connectivity index (χ4n) is 20.9. The summed E-state index contributed by atoms with van der Waals surface area (Å²) in [6.45, 7) is 0. The molecule has 141 heavy (non-hydrogen) atoms. The number of benzene rings is 26. The van der Waals surface area contributed by atoms with E-state index in [-0.39, 0.29) is 0 Å². The number of anilines is 15. The second kappa shape index (κ2) is 37.4. The highest BCUT2D eigenvalue weighted by molar-refractivity contribution is 6.34. The number of rotatable bonds is 18. The lowest BCUT2D eigenvalue weighted by atomic mass is 9.89. The van der Waals surface area contributed by atoms with E-state index in [0.717, 1.165) is 68.2 Å². The van der Waals surface area contributed by atoms with Crippen LogP contribution in [0.4, 0.5) is 85.3 Å². The average molecular weight is 1800 g/mol. The van der Waals surface area contributed by atoms with E-state index in [2.05, 4.69) is 590 Å². The molecule has 6 nitrogen and oxygen atoms in total. The van der Waals surface area contributed by atoms with Gasteiger partial charge in [0.25, 0.3) is 0 Å². The number of nitrogens with zero attached hydrogens (tertiary/aromatic N) is 6. The molecular weight excluding hydrogens is 1710 g/mol. The van der Waals surface area contributed by atoms with Crippen LogP contribution in [0, 0.1) is 0 Å². The van der Waals surface area contributed by atoms with E-state index in [4.69, 9.17) is 0 Å². The van der Waals surface area contributed by atoms with Crippen LogP contribution in [0.25, 0.3) is 152 Å². The Morgan fingerprint density at radius 3 is 0.787 bits per heavy atom. The van der Waals surface area contributed by atoms with Gasteiger partial charge in [-0.25, -0.2) is 0 Å². The average Bonchev–Trinajstić information content (AvgIpc) is 0.710. The molecule has 6 heteroatoms. The van der Waals surface area contributed by atoms with Crippen LogP contribution in [0.2, 0.25) is 0 Å². The summed E-state index contributed by atoms with van der Waals surface area (Å²) < 4.78 is 0. The molecule has 26 rings (SSSR count). The maximum Gasteiger partial charge on any atom is 0.0494 e. The van der Waals surface area contributed by atoms with Crippen LogP contribution in [0.1, 0.15) is 0 Å². The smallest absolute Gasteiger partial charge is 0.0494 e. The third-order valence-electron chi connectivity index (χ3n) is 28.2. The standard InChI is InChI=1S/C49H34N2.2C43H32N2/c1-50(47-31-30-45-43-17-8-13-36-12-7-16-42(48(36)43)44-18-9-19-46(47)49(44)45)38-25-20-34(21-26-38)35-22-27-40(28-23-35)51(39-14-3-2-4-15-39)41-29-24-33-10-5-6-11-37(33)32-41;1-44(43-30-35-13-7-8-16-40(35)41-17-9-10-18-42(41)43)36-24-19-32(20-25-36)33-21-26-38(27-22-33)45(37-14-3-2-4-15-37)39-28-23-31-11-5-6-12-34(31)29-39;1-44(42-25-20-37-27-34-10-7-8-11-35(34)28-38(37)30-42)39-21-15-32(16-22-39)33-17-23-41(24-18-33)45(40-13-3-2-4-14-40)43-26-19-31-9-5-6-12-36(31)29-43/h2-32H,1H3;2*2-30H,1H3.